The number of halogens is 2. The molecule has 5 nitrogen and oxygen atoms in total. The summed E-state index contributed by atoms with van der Waals surface area (Å²) in [6, 6.07) is 11.1. The van der Waals surface area contributed by atoms with Crippen LogP contribution >= 0.6 is 0 Å². The second-order valence-electron chi connectivity index (χ2n) is 5.02. The summed E-state index contributed by atoms with van der Waals surface area (Å²) >= 11 is 0. The van der Waals surface area contributed by atoms with Gasteiger partial charge in [0.25, 0.3) is 5.91 Å². The van der Waals surface area contributed by atoms with E-state index in [4.69, 9.17) is 5.73 Å². The zero-order valence-corrected chi connectivity index (χ0v) is 12.0. The van der Waals surface area contributed by atoms with Gasteiger partial charge < -0.3 is 20.5 Å². The number of carbonyl (C=O) groups is 1. The van der Waals surface area contributed by atoms with E-state index < -0.39 is 6.29 Å². The van der Waals surface area contributed by atoms with E-state index in [1.165, 1.54) is 18.2 Å². The van der Waals surface area contributed by atoms with E-state index in [1.54, 1.807) is 12.1 Å². The highest BCUT2D eigenvalue weighted by atomic mass is 19.3. The molecular weight excluding hydrogens is 306 g/mol. The highest BCUT2D eigenvalue weighted by molar-refractivity contribution is 6.04. The van der Waals surface area contributed by atoms with Crippen LogP contribution < -0.4 is 20.5 Å². The first-order valence-corrected chi connectivity index (χ1v) is 6.97. The monoisotopic (exact) mass is 320 g/mol. The van der Waals surface area contributed by atoms with Crippen LogP contribution in [-0.4, -0.2) is 18.7 Å². The minimum absolute atomic E-state index is 0.0702. The molecule has 3 rings (SSSR count). The van der Waals surface area contributed by atoms with Gasteiger partial charge in [0, 0.05) is 17.3 Å². The minimum atomic E-state index is -3.68. The standard InChI is InChI=1S/C16H14F2N2O3/c17-16(18)22-13-6-5-12(9-14(13)23-16)20-15(21)11-3-1-10(2-4-11)7-8-19/h1-6,9H,7-8,19H2,(H,20,21). The highest BCUT2D eigenvalue weighted by Gasteiger charge is 2.43. The number of anilines is 1. The molecule has 1 aliphatic rings. The Kier molecular flexibility index (Phi) is 3.87. The summed E-state index contributed by atoms with van der Waals surface area (Å²) in [6.07, 6.45) is -2.94. The molecule has 120 valence electrons. The molecule has 0 bridgehead atoms. The Morgan fingerprint density at radius 2 is 1.78 bits per heavy atom. The van der Waals surface area contributed by atoms with Gasteiger partial charge in [0.15, 0.2) is 11.5 Å². The first kappa shape index (κ1) is 15.2. The molecule has 0 aliphatic carbocycles. The van der Waals surface area contributed by atoms with Crippen molar-refractivity contribution in [3.05, 3.63) is 53.6 Å². The fourth-order valence-electron chi connectivity index (χ4n) is 2.22. The number of fused-ring (bicyclic) bond motifs is 1. The van der Waals surface area contributed by atoms with Crippen molar-refractivity contribution >= 4 is 11.6 Å². The van der Waals surface area contributed by atoms with Crippen molar-refractivity contribution in [1.29, 1.82) is 0 Å². The van der Waals surface area contributed by atoms with Crippen molar-refractivity contribution in [3.8, 4) is 11.5 Å². The Bertz CT molecular complexity index is 733. The first-order chi connectivity index (χ1) is 11.0. The van der Waals surface area contributed by atoms with Crippen molar-refractivity contribution in [1.82, 2.24) is 0 Å². The van der Waals surface area contributed by atoms with E-state index in [9.17, 15) is 13.6 Å². The molecule has 7 heteroatoms. The Morgan fingerprint density at radius 1 is 1.09 bits per heavy atom. The second-order valence-corrected chi connectivity index (χ2v) is 5.02. The van der Waals surface area contributed by atoms with Crippen molar-refractivity contribution in [2.45, 2.75) is 12.7 Å². The van der Waals surface area contributed by atoms with Gasteiger partial charge in [0.05, 0.1) is 0 Å². The Balaban J connectivity index is 1.71. The van der Waals surface area contributed by atoms with Gasteiger partial charge in [-0.25, -0.2) is 0 Å². The summed E-state index contributed by atoms with van der Waals surface area (Å²) in [5.41, 5.74) is 7.29. The maximum absolute atomic E-state index is 13.0. The molecular formula is C16H14F2N2O3. The third kappa shape index (κ3) is 3.40. The molecule has 0 saturated heterocycles. The number of hydrogen-bond donors (Lipinski definition) is 2. The normalized spacial score (nSPS) is 14.6. The Labute approximate surface area is 131 Å². The third-order valence-electron chi connectivity index (χ3n) is 3.31. The molecule has 0 radical (unpaired) electrons. The SMILES string of the molecule is NCCc1ccc(C(=O)Nc2ccc3c(c2)OC(F)(F)O3)cc1. The zero-order valence-electron chi connectivity index (χ0n) is 12.0. The maximum atomic E-state index is 13.0. The number of ether oxygens (including phenoxy) is 2. The van der Waals surface area contributed by atoms with Crippen LogP contribution in [-0.2, 0) is 6.42 Å². The van der Waals surface area contributed by atoms with Crippen molar-refractivity contribution in [3.63, 3.8) is 0 Å². The first-order valence-electron chi connectivity index (χ1n) is 6.97. The summed E-state index contributed by atoms with van der Waals surface area (Å²) in [5.74, 6) is -0.542. The van der Waals surface area contributed by atoms with Gasteiger partial charge in [0.1, 0.15) is 0 Å². The van der Waals surface area contributed by atoms with Crippen LogP contribution in [0.4, 0.5) is 14.5 Å². The van der Waals surface area contributed by atoms with Gasteiger partial charge >= 0.3 is 6.29 Å². The Hall–Kier alpha value is -2.67. The molecule has 0 unspecified atom stereocenters. The molecule has 23 heavy (non-hydrogen) atoms. The molecule has 0 aromatic heterocycles. The number of nitrogens with one attached hydrogen (secondary N) is 1. The topological polar surface area (TPSA) is 73.6 Å². The maximum Gasteiger partial charge on any atom is 0.586 e. The number of rotatable bonds is 4. The lowest BCUT2D eigenvalue weighted by molar-refractivity contribution is -0.286. The van der Waals surface area contributed by atoms with Gasteiger partial charge in [-0.2, -0.15) is 0 Å². The van der Waals surface area contributed by atoms with E-state index in [2.05, 4.69) is 14.8 Å². The van der Waals surface area contributed by atoms with E-state index in [0.717, 1.165) is 12.0 Å². The van der Waals surface area contributed by atoms with Gasteiger partial charge in [0.2, 0.25) is 0 Å². The molecule has 0 saturated carbocycles. The number of hydrogen-bond acceptors (Lipinski definition) is 4. The van der Waals surface area contributed by atoms with E-state index >= 15 is 0 Å². The summed E-state index contributed by atoms with van der Waals surface area (Å²) in [4.78, 5) is 12.2. The van der Waals surface area contributed by atoms with Crippen molar-refractivity contribution < 1.29 is 23.0 Å². The lowest BCUT2D eigenvalue weighted by Gasteiger charge is -2.07. The van der Waals surface area contributed by atoms with Crippen LogP contribution in [0.3, 0.4) is 0 Å². The lowest BCUT2D eigenvalue weighted by Crippen LogP contribution is -2.25. The van der Waals surface area contributed by atoms with Crippen LogP contribution in [0, 0.1) is 0 Å². The molecule has 3 N–H and O–H groups in total. The number of nitrogens with two attached hydrogens (primary N) is 1. The van der Waals surface area contributed by atoms with Crippen LogP contribution in [0.1, 0.15) is 15.9 Å². The molecule has 1 aliphatic heterocycles. The van der Waals surface area contributed by atoms with Crippen LogP contribution in [0.2, 0.25) is 0 Å². The van der Waals surface area contributed by atoms with E-state index in [0.29, 0.717) is 17.8 Å². The van der Waals surface area contributed by atoms with Crippen molar-refractivity contribution in [2.75, 3.05) is 11.9 Å². The van der Waals surface area contributed by atoms with Crippen LogP contribution in [0.15, 0.2) is 42.5 Å². The van der Waals surface area contributed by atoms with Gasteiger partial charge in [-0.3, -0.25) is 4.79 Å². The summed E-state index contributed by atoms with van der Waals surface area (Å²) in [7, 11) is 0. The van der Waals surface area contributed by atoms with Gasteiger partial charge in [-0.1, -0.05) is 12.1 Å². The number of amides is 1. The van der Waals surface area contributed by atoms with Gasteiger partial charge in [-0.05, 0) is 42.8 Å². The van der Waals surface area contributed by atoms with Crippen molar-refractivity contribution in [2.24, 2.45) is 5.73 Å². The molecule has 0 spiro atoms. The average molecular weight is 320 g/mol. The van der Waals surface area contributed by atoms with E-state index in [-0.39, 0.29) is 17.4 Å². The largest absolute Gasteiger partial charge is 0.586 e. The molecule has 2 aromatic carbocycles. The molecule has 0 atom stereocenters. The second kappa shape index (κ2) is 5.85. The summed E-state index contributed by atoms with van der Waals surface area (Å²) in [5, 5.41) is 2.62. The van der Waals surface area contributed by atoms with E-state index in [1.807, 2.05) is 12.1 Å². The fourth-order valence-corrected chi connectivity index (χ4v) is 2.22. The summed E-state index contributed by atoms with van der Waals surface area (Å²) in [6.45, 7) is 0.535. The fraction of sp³-hybridized carbons (Fsp3) is 0.188. The summed E-state index contributed by atoms with van der Waals surface area (Å²) < 4.78 is 34.6. The number of alkyl halides is 2. The smallest absolute Gasteiger partial charge is 0.395 e. The third-order valence-corrected chi connectivity index (χ3v) is 3.31. The Morgan fingerprint density at radius 3 is 2.48 bits per heavy atom. The lowest BCUT2D eigenvalue weighted by atomic mass is 10.1. The highest BCUT2D eigenvalue weighted by Crippen LogP contribution is 2.42. The minimum Gasteiger partial charge on any atom is -0.395 e. The molecule has 1 heterocycles. The molecule has 0 fully saturated rings. The quantitative estimate of drug-likeness (QED) is 0.908. The van der Waals surface area contributed by atoms with Crippen LogP contribution in [0.25, 0.3) is 0 Å². The molecule has 1 amide bonds. The predicted molar refractivity (Wildman–Crippen MR) is 79.8 cm³/mol. The average Bonchev–Trinajstić information content (AvgIpc) is 2.81. The molecule has 2 aromatic rings. The zero-order chi connectivity index (χ0) is 16.4. The van der Waals surface area contributed by atoms with Crippen LogP contribution in [0.5, 0.6) is 11.5 Å². The number of carbonyl (C=O) groups excluding carboxylic acids is 1. The predicted octanol–water partition coefficient (Wildman–Crippen LogP) is 2.76. The van der Waals surface area contributed by atoms with Gasteiger partial charge in [-0.15, -0.1) is 8.78 Å². The number of benzene rings is 2.